The van der Waals surface area contributed by atoms with E-state index in [4.69, 9.17) is 0 Å². The van der Waals surface area contributed by atoms with Gasteiger partial charge in [0.05, 0.1) is 11.1 Å². The number of aliphatic hydroxyl groups is 2. The van der Waals surface area contributed by atoms with Crippen molar-refractivity contribution in [2.24, 2.45) is 0 Å². The van der Waals surface area contributed by atoms with Gasteiger partial charge in [0.15, 0.2) is 0 Å². The number of carbonyl (C=O) groups is 3. The van der Waals surface area contributed by atoms with Crippen molar-refractivity contribution in [2.45, 2.75) is 95.4 Å². The fourth-order valence-corrected chi connectivity index (χ4v) is 6.08. The third-order valence-corrected chi connectivity index (χ3v) is 9.69. The molecular weight excluding hydrogens is 692 g/mol. The van der Waals surface area contributed by atoms with Crippen LogP contribution in [0.2, 0.25) is 0 Å². The highest BCUT2D eigenvalue weighted by molar-refractivity contribution is 5.99. The number of nitrogens with zero attached hydrogens (tertiary/aromatic N) is 1. The van der Waals surface area contributed by atoms with Crippen molar-refractivity contribution in [1.82, 2.24) is 10.2 Å². The zero-order chi connectivity index (χ0) is 39.4. The molecule has 0 bridgehead atoms. The van der Waals surface area contributed by atoms with Gasteiger partial charge in [-0.3, -0.25) is 14.4 Å². The van der Waals surface area contributed by atoms with Gasteiger partial charge >= 0.3 is 6.18 Å². The van der Waals surface area contributed by atoms with Crippen LogP contribution < -0.4 is 16.0 Å². The molecule has 9 nitrogen and oxygen atoms in total. The van der Waals surface area contributed by atoms with E-state index >= 15 is 0 Å². The lowest BCUT2D eigenvalue weighted by Gasteiger charge is -2.37. The molecule has 0 saturated carbocycles. The van der Waals surface area contributed by atoms with E-state index in [0.29, 0.717) is 31.6 Å². The van der Waals surface area contributed by atoms with Gasteiger partial charge in [0.25, 0.3) is 17.7 Å². The van der Waals surface area contributed by atoms with Crippen molar-refractivity contribution in [1.29, 1.82) is 0 Å². The first kappa shape index (κ1) is 41.4. The van der Waals surface area contributed by atoms with Gasteiger partial charge in [-0.25, -0.2) is 4.39 Å². The Balaban J connectivity index is 0.000000267. The zero-order valence-corrected chi connectivity index (χ0v) is 31.1. The van der Waals surface area contributed by atoms with Crippen LogP contribution in [0.1, 0.15) is 94.3 Å². The molecule has 0 radical (unpaired) electrons. The molecule has 3 aromatic rings. The minimum absolute atomic E-state index is 0.0589. The summed E-state index contributed by atoms with van der Waals surface area (Å²) in [5.74, 6) is -2.97. The summed E-state index contributed by atoms with van der Waals surface area (Å²) in [7, 11) is 0. The molecule has 2 aliphatic rings. The van der Waals surface area contributed by atoms with Crippen LogP contribution in [-0.2, 0) is 26.6 Å². The van der Waals surface area contributed by atoms with E-state index in [1.807, 2.05) is 36.4 Å². The molecule has 0 unspecified atom stereocenters. The molecule has 0 aromatic heterocycles. The number of anilines is 2. The number of carbonyl (C=O) groups excluding carboxylic acids is 3. The van der Waals surface area contributed by atoms with Crippen LogP contribution in [0.25, 0.3) is 0 Å². The lowest BCUT2D eigenvalue weighted by molar-refractivity contribution is -0.138. The van der Waals surface area contributed by atoms with Crippen LogP contribution in [-0.4, -0.2) is 70.2 Å². The highest BCUT2D eigenvalue weighted by Crippen LogP contribution is 2.34. The van der Waals surface area contributed by atoms with Crippen molar-refractivity contribution < 1.29 is 42.2 Å². The summed E-state index contributed by atoms with van der Waals surface area (Å²) in [6, 6.07) is 16.9. The number of hydrogen-bond acceptors (Lipinski definition) is 6. The Bertz CT molecular complexity index is 1750. The summed E-state index contributed by atoms with van der Waals surface area (Å²) < 4.78 is 53.1. The Kier molecular flexibility index (Phi) is 12.5. The number of piperidine rings is 2. The lowest BCUT2D eigenvalue weighted by atomic mass is 9.87. The van der Waals surface area contributed by atoms with Crippen LogP contribution in [0.4, 0.5) is 28.9 Å². The summed E-state index contributed by atoms with van der Waals surface area (Å²) in [5.41, 5.74) is -1.48. The van der Waals surface area contributed by atoms with Gasteiger partial charge in [-0.2, -0.15) is 13.2 Å². The molecule has 2 saturated heterocycles. The Morgan fingerprint density at radius 3 is 1.49 bits per heavy atom. The van der Waals surface area contributed by atoms with Gasteiger partial charge in [-0.1, -0.05) is 65.8 Å². The number of amides is 3. The molecule has 3 amide bonds. The Morgan fingerprint density at radius 1 is 0.679 bits per heavy atom. The summed E-state index contributed by atoms with van der Waals surface area (Å²) in [4.78, 5) is 38.7. The van der Waals surface area contributed by atoms with E-state index in [9.17, 15) is 42.2 Å². The summed E-state index contributed by atoms with van der Waals surface area (Å²) in [6.45, 7) is 13.7. The van der Waals surface area contributed by atoms with E-state index in [0.717, 1.165) is 28.3 Å². The van der Waals surface area contributed by atoms with Crippen molar-refractivity contribution in [3.8, 4) is 0 Å². The monoisotopic (exact) mass is 742 g/mol. The molecule has 2 fully saturated rings. The van der Waals surface area contributed by atoms with E-state index in [1.54, 1.807) is 12.1 Å². The Labute approximate surface area is 308 Å². The Morgan fingerprint density at radius 2 is 1.09 bits per heavy atom. The van der Waals surface area contributed by atoms with Gasteiger partial charge in [0, 0.05) is 37.3 Å². The summed E-state index contributed by atoms with van der Waals surface area (Å²) in [5, 5.41) is 29.7. The number of halogens is 4. The van der Waals surface area contributed by atoms with Crippen LogP contribution in [0.3, 0.4) is 0 Å². The fourth-order valence-electron chi connectivity index (χ4n) is 6.08. The molecule has 0 atom stereocenters. The first-order chi connectivity index (χ1) is 24.5. The number of rotatable bonds is 5. The molecule has 288 valence electrons. The quantitative estimate of drug-likeness (QED) is 0.183. The standard InChI is InChI=1S/C24H26F4N2O3.C16H24N2O2/c1-22(2,3)15-4-7-17(8-5-15)29-21(32)23(33)10-12-30(13-11-23)20(31)18-9-6-16(25)14-19(18)24(26,27)28;1-15(2,3)12-4-6-13(7-5-12)18-14(19)16(20)8-10-17-11-9-16/h4-9,14,33H,10-13H2,1-3H3,(H,29,32);4-7,17,20H,8-11H2,1-3H3,(H,18,19). The molecule has 3 aromatic carbocycles. The number of alkyl halides is 3. The number of benzene rings is 3. The van der Waals surface area contributed by atoms with Gasteiger partial charge in [-0.05, 0) is 90.4 Å². The SMILES string of the molecule is CC(C)(C)c1ccc(NC(=O)C2(O)CCN(C(=O)c3ccc(F)cc3C(F)(F)F)CC2)cc1.CC(C)(C)c1ccc(NC(=O)C2(O)CCNCC2)cc1. The van der Waals surface area contributed by atoms with Crippen LogP contribution >= 0.6 is 0 Å². The first-order valence-electron chi connectivity index (χ1n) is 17.7. The molecule has 53 heavy (non-hydrogen) atoms. The number of hydrogen-bond donors (Lipinski definition) is 5. The maximum absolute atomic E-state index is 13.3. The Hall–Kier alpha value is -4.33. The predicted octanol–water partition coefficient (Wildman–Crippen LogP) is 6.78. The topological polar surface area (TPSA) is 131 Å². The van der Waals surface area contributed by atoms with Crippen molar-refractivity contribution in [2.75, 3.05) is 36.8 Å². The third kappa shape index (κ3) is 10.6. The van der Waals surface area contributed by atoms with E-state index < -0.39 is 46.1 Å². The molecule has 13 heteroatoms. The minimum atomic E-state index is -4.90. The van der Waals surface area contributed by atoms with E-state index in [2.05, 4.69) is 57.5 Å². The van der Waals surface area contributed by atoms with Gasteiger partial charge in [-0.15, -0.1) is 0 Å². The van der Waals surface area contributed by atoms with Crippen molar-refractivity contribution in [3.63, 3.8) is 0 Å². The number of likely N-dealkylation sites (tertiary alicyclic amines) is 1. The second kappa shape index (κ2) is 16.0. The molecule has 0 aliphatic carbocycles. The summed E-state index contributed by atoms with van der Waals surface area (Å²) in [6.07, 6.45) is -4.27. The minimum Gasteiger partial charge on any atom is -0.380 e. The fraction of sp³-hybridized carbons (Fsp3) is 0.475. The van der Waals surface area contributed by atoms with Gasteiger partial charge in [0.1, 0.15) is 17.0 Å². The van der Waals surface area contributed by atoms with E-state index in [-0.39, 0.29) is 48.7 Å². The summed E-state index contributed by atoms with van der Waals surface area (Å²) >= 11 is 0. The number of nitrogens with one attached hydrogen (secondary N) is 3. The van der Waals surface area contributed by atoms with Crippen LogP contribution in [0, 0.1) is 5.82 Å². The first-order valence-corrected chi connectivity index (χ1v) is 17.7. The normalized spacial score (nSPS) is 17.2. The maximum atomic E-state index is 13.3. The van der Waals surface area contributed by atoms with Crippen molar-refractivity contribution in [3.05, 3.63) is 94.8 Å². The van der Waals surface area contributed by atoms with Crippen molar-refractivity contribution >= 4 is 29.1 Å². The molecule has 5 N–H and O–H groups in total. The van der Waals surface area contributed by atoms with Gasteiger partial charge in [0.2, 0.25) is 0 Å². The molecule has 2 heterocycles. The zero-order valence-electron chi connectivity index (χ0n) is 31.1. The van der Waals surface area contributed by atoms with Crippen LogP contribution in [0.15, 0.2) is 66.7 Å². The average Bonchev–Trinajstić information content (AvgIpc) is 3.08. The molecule has 5 rings (SSSR count). The maximum Gasteiger partial charge on any atom is 0.417 e. The highest BCUT2D eigenvalue weighted by Gasteiger charge is 2.43. The third-order valence-electron chi connectivity index (χ3n) is 9.69. The molecule has 0 spiro atoms. The largest absolute Gasteiger partial charge is 0.417 e. The predicted molar refractivity (Wildman–Crippen MR) is 196 cm³/mol. The van der Waals surface area contributed by atoms with E-state index in [1.165, 1.54) is 5.56 Å². The molecule has 2 aliphatic heterocycles. The van der Waals surface area contributed by atoms with Crippen LogP contribution in [0.5, 0.6) is 0 Å². The highest BCUT2D eigenvalue weighted by atomic mass is 19.4. The van der Waals surface area contributed by atoms with Gasteiger partial charge < -0.3 is 31.1 Å². The molecular formula is C40H50F4N4O5. The smallest absolute Gasteiger partial charge is 0.380 e. The lowest BCUT2D eigenvalue weighted by Crippen LogP contribution is -2.53. The average molecular weight is 743 g/mol. The second-order valence-corrected chi connectivity index (χ2v) is 15.9. The second-order valence-electron chi connectivity index (χ2n) is 15.9.